The van der Waals surface area contributed by atoms with Gasteiger partial charge in [0.15, 0.2) is 0 Å². The Morgan fingerprint density at radius 2 is 1.69 bits per heavy atom. The van der Waals surface area contributed by atoms with Crippen LogP contribution in [0.3, 0.4) is 0 Å². The van der Waals surface area contributed by atoms with Crippen molar-refractivity contribution >= 4 is 23.2 Å². The highest BCUT2D eigenvalue weighted by Crippen LogP contribution is 2.26. The summed E-state index contributed by atoms with van der Waals surface area (Å²) in [6.45, 7) is 3.15. The van der Waals surface area contributed by atoms with Gasteiger partial charge in [-0.3, -0.25) is 4.79 Å². The molecule has 16 heavy (non-hydrogen) atoms. The molecule has 0 heterocycles. The second kappa shape index (κ2) is 4.33. The average Bonchev–Trinajstić information content (AvgIpc) is 2.08. The van der Waals surface area contributed by atoms with E-state index in [0.717, 1.165) is 0 Å². The van der Waals surface area contributed by atoms with E-state index in [9.17, 15) is 18.0 Å². The van der Waals surface area contributed by atoms with Crippen molar-refractivity contribution in [2.75, 3.05) is 5.32 Å². The van der Waals surface area contributed by atoms with Crippen molar-refractivity contribution < 1.29 is 18.0 Å². The minimum Gasteiger partial charge on any atom is -0.318 e. The first-order valence-electron chi connectivity index (χ1n) is 4.36. The highest BCUT2D eigenvalue weighted by Gasteiger charge is 2.39. The molecule has 1 aromatic rings. The highest BCUT2D eigenvalue weighted by atomic mass is 35.5. The van der Waals surface area contributed by atoms with E-state index in [1.54, 1.807) is 13.8 Å². The van der Waals surface area contributed by atoms with Gasteiger partial charge >= 0.3 is 12.1 Å². The smallest absolute Gasteiger partial charge is 0.318 e. The molecular formula is C10H9ClF3NO. The third-order valence-corrected chi connectivity index (χ3v) is 2.21. The topological polar surface area (TPSA) is 29.1 Å². The van der Waals surface area contributed by atoms with Crippen molar-refractivity contribution in [3.05, 3.63) is 28.3 Å². The number of carbonyl (C=O) groups excluding carboxylic acids is 1. The van der Waals surface area contributed by atoms with E-state index < -0.39 is 12.1 Å². The maximum Gasteiger partial charge on any atom is 0.471 e. The molecule has 0 aliphatic rings. The molecule has 0 fully saturated rings. The maximum atomic E-state index is 12.0. The molecule has 0 saturated carbocycles. The highest BCUT2D eigenvalue weighted by molar-refractivity contribution is 6.30. The van der Waals surface area contributed by atoms with Gasteiger partial charge in [-0.1, -0.05) is 11.6 Å². The Labute approximate surface area is 95.4 Å². The van der Waals surface area contributed by atoms with Crippen LogP contribution in [0.2, 0.25) is 5.02 Å². The Morgan fingerprint density at radius 1 is 1.25 bits per heavy atom. The van der Waals surface area contributed by atoms with Crippen LogP contribution in [0.25, 0.3) is 0 Å². The fraction of sp³-hybridized carbons (Fsp3) is 0.300. The molecule has 1 aromatic carbocycles. The molecule has 0 aliphatic heterocycles. The van der Waals surface area contributed by atoms with Gasteiger partial charge in [-0.05, 0) is 37.1 Å². The van der Waals surface area contributed by atoms with Crippen molar-refractivity contribution in [2.45, 2.75) is 20.0 Å². The van der Waals surface area contributed by atoms with Gasteiger partial charge in [0.1, 0.15) is 0 Å². The van der Waals surface area contributed by atoms with E-state index in [4.69, 9.17) is 11.6 Å². The summed E-state index contributed by atoms with van der Waals surface area (Å²) in [5.74, 6) is -1.99. The number of nitrogens with one attached hydrogen (secondary N) is 1. The summed E-state index contributed by atoms with van der Waals surface area (Å²) in [5.41, 5.74) is 1.12. The van der Waals surface area contributed by atoms with Crippen molar-refractivity contribution in [3.8, 4) is 0 Å². The molecule has 1 N–H and O–H groups in total. The average molecular weight is 252 g/mol. The summed E-state index contributed by atoms with van der Waals surface area (Å²) >= 11 is 5.71. The van der Waals surface area contributed by atoms with Gasteiger partial charge in [0, 0.05) is 10.7 Å². The van der Waals surface area contributed by atoms with E-state index in [1.807, 2.05) is 5.32 Å². The van der Waals surface area contributed by atoms with E-state index >= 15 is 0 Å². The molecule has 0 unspecified atom stereocenters. The summed E-state index contributed by atoms with van der Waals surface area (Å²) in [6.07, 6.45) is -4.89. The first-order chi connectivity index (χ1) is 7.21. The van der Waals surface area contributed by atoms with Crippen LogP contribution in [-0.2, 0) is 4.79 Å². The van der Waals surface area contributed by atoms with Gasteiger partial charge in [0.05, 0.1) is 0 Å². The number of halogens is 4. The lowest BCUT2D eigenvalue weighted by atomic mass is 10.1. The normalized spacial score (nSPS) is 11.4. The SMILES string of the molecule is Cc1cc(Cl)cc(C)c1NC(=O)C(F)(F)F. The van der Waals surface area contributed by atoms with E-state index in [-0.39, 0.29) is 5.69 Å². The van der Waals surface area contributed by atoms with Gasteiger partial charge < -0.3 is 5.32 Å². The zero-order chi connectivity index (χ0) is 12.5. The largest absolute Gasteiger partial charge is 0.471 e. The molecule has 88 valence electrons. The molecule has 1 rings (SSSR count). The predicted octanol–water partition coefficient (Wildman–Crippen LogP) is 3.46. The van der Waals surface area contributed by atoms with Crippen LogP contribution < -0.4 is 5.32 Å². The number of benzene rings is 1. The monoisotopic (exact) mass is 251 g/mol. The van der Waals surface area contributed by atoms with E-state index in [2.05, 4.69) is 0 Å². The van der Waals surface area contributed by atoms with Gasteiger partial charge in [0.25, 0.3) is 0 Å². The molecule has 0 aliphatic carbocycles. The Balaban J connectivity index is 3.03. The quantitative estimate of drug-likeness (QED) is 0.814. The number of aryl methyl sites for hydroxylation is 2. The number of alkyl halides is 3. The Hall–Kier alpha value is -1.23. The number of hydrogen-bond donors (Lipinski definition) is 1. The Bertz CT molecular complexity index is 406. The van der Waals surface area contributed by atoms with Gasteiger partial charge in [0.2, 0.25) is 0 Å². The van der Waals surface area contributed by atoms with Crippen LogP contribution in [0.1, 0.15) is 11.1 Å². The van der Waals surface area contributed by atoms with Crippen LogP contribution in [0.4, 0.5) is 18.9 Å². The second-order valence-corrected chi connectivity index (χ2v) is 3.80. The van der Waals surface area contributed by atoms with Crippen LogP contribution in [0.5, 0.6) is 0 Å². The third kappa shape index (κ3) is 2.88. The molecule has 0 atom stereocenters. The van der Waals surface area contributed by atoms with Crippen molar-refractivity contribution in [3.63, 3.8) is 0 Å². The molecule has 0 saturated heterocycles. The van der Waals surface area contributed by atoms with Crippen molar-refractivity contribution in [1.29, 1.82) is 0 Å². The molecular weight excluding hydrogens is 243 g/mol. The standard InChI is InChI=1S/C10H9ClF3NO/c1-5-3-7(11)4-6(2)8(5)15-9(16)10(12,13)14/h3-4H,1-2H3,(H,15,16). The minimum atomic E-state index is -4.89. The summed E-state index contributed by atoms with van der Waals surface area (Å²) in [7, 11) is 0. The zero-order valence-corrected chi connectivity index (χ0v) is 9.33. The molecule has 6 heteroatoms. The third-order valence-electron chi connectivity index (χ3n) is 1.99. The summed E-state index contributed by atoms with van der Waals surface area (Å²) < 4.78 is 36.1. The maximum absolute atomic E-state index is 12.0. The first kappa shape index (κ1) is 12.8. The van der Waals surface area contributed by atoms with E-state index in [1.165, 1.54) is 12.1 Å². The Morgan fingerprint density at radius 3 is 2.06 bits per heavy atom. The first-order valence-corrected chi connectivity index (χ1v) is 4.74. The molecule has 2 nitrogen and oxygen atoms in total. The van der Waals surface area contributed by atoms with Crippen LogP contribution in [0, 0.1) is 13.8 Å². The summed E-state index contributed by atoms with van der Waals surface area (Å²) in [6, 6.07) is 2.97. The molecule has 0 bridgehead atoms. The van der Waals surface area contributed by atoms with Gasteiger partial charge in [-0.15, -0.1) is 0 Å². The lowest BCUT2D eigenvalue weighted by Gasteiger charge is -2.13. The number of hydrogen-bond acceptors (Lipinski definition) is 1. The number of anilines is 1. The van der Waals surface area contributed by atoms with Gasteiger partial charge in [-0.25, -0.2) is 0 Å². The molecule has 0 aromatic heterocycles. The lowest BCUT2D eigenvalue weighted by Crippen LogP contribution is -2.30. The fourth-order valence-electron chi connectivity index (χ4n) is 1.29. The van der Waals surface area contributed by atoms with E-state index in [0.29, 0.717) is 16.1 Å². The fourth-order valence-corrected chi connectivity index (χ4v) is 1.62. The Kier molecular flexibility index (Phi) is 3.48. The number of carbonyl (C=O) groups is 1. The molecule has 0 radical (unpaired) electrons. The zero-order valence-electron chi connectivity index (χ0n) is 8.57. The lowest BCUT2D eigenvalue weighted by molar-refractivity contribution is -0.167. The predicted molar refractivity (Wildman–Crippen MR) is 55.6 cm³/mol. The molecule has 0 spiro atoms. The summed E-state index contributed by atoms with van der Waals surface area (Å²) in [5, 5.41) is 2.24. The second-order valence-electron chi connectivity index (χ2n) is 3.37. The van der Waals surface area contributed by atoms with Crippen molar-refractivity contribution in [1.82, 2.24) is 0 Å². The number of rotatable bonds is 1. The van der Waals surface area contributed by atoms with Crippen LogP contribution in [-0.4, -0.2) is 12.1 Å². The van der Waals surface area contributed by atoms with Crippen LogP contribution >= 0.6 is 11.6 Å². The summed E-state index contributed by atoms with van der Waals surface area (Å²) in [4.78, 5) is 10.8. The van der Waals surface area contributed by atoms with Gasteiger partial charge in [-0.2, -0.15) is 13.2 Å². The van der Waals surface area contributed by atoms with Crippen LogP contribution in [0.15, 0.2) is 12.1 Å². The minimum absolute atomic E-state index is 0.145. The van der Waals surface area contributed by atoms with Crippen molar-refractivity contribution in [2.24, 2.45) is 0 Å². The number of amides is 1. The molecule has 1 amide bonds.